The lowest BCUT2D eigenvalue weighted by Crippen LogP contribution is -2.52. The number of nitrogens with zero attached hydrogens (tertiary/aromatic N) is 3. The maximum absolute atomic E-state index is 13.1. The summed E-state index contributed by atoms with van der Waals surface area (Å²) in [5.41, 5.74) is 6.14. The van der Waals surface area contributed by atoms with Crippen molar-refractivity contribution in [3.8, 4) is 0 Å². The Bertz CT molecular complexity index is 1000. The molecular formula is C20H20FN5O2. The molecular weight excluding hydrogens is 361 g/mol. The van der Waals surface area contributed by atoms with Gasteiger partial charge in [-0.25, -0.2) is 9.07 Å². The van der Waals surface area contributed by atoms with E-state index in [9.17, 15) is 14.0 Å². The molecule has 0 bridgehead atoms. The summed E-state index contributed by atoms with van der Waals surface area (Å²) >= 11 is 0. The number of hydrogen-bond donors (Lipinski definition) is 2. The van der Waals surface area contributed by atoms with E-state index in [-0.39, 0.29) is 11.5 Å². The molecule has 3 N–H and O–H groups in total. The van der Waals surface area contributed by atoms with Gasteiger partial charge in [-0.15, -0.1) is 5.10 Å². The van der Waals surface area contributed by atoms with Crippen LogP contribution >= 0.6 is 0 Å². The number of carbonyl (C=O) groups excluding carboxylic acids is 2. The van der Waals surface area contributed by atoms with Crippen molar-refractivity contribution in [2.75, 3.05) is 0 Å². The van der Waals surface area contributed by atoms with Crippen molar-refractivity contribution < 1.29 is 14.0 Å². The Hall–Kier alpha value is -3.55. The molecule has 1 atom stereocenters. The minimum absolute atomic E-state index is 0.0884. The highest BCUT2D eigenvalue weighted by Gasteiger charge is 2.36. The van der Waals surface area contributed by atoms with E-state index in [1.807, 2.05) is 0 Å². The minimum Gasteiger partial charge on any atom is -0.367 e. The molecule has 0 saturated heterocycles. The van der Waals surface area contributed by atoms with Crippen molar-refractivity contribution in [2.45, 2.75) is 25.9 Å². The number of halogens is 1. The Morgan fingerprint density at radius 1 is 1.14 bits per heavy atom. The van der Waals surface area contributed by atoms with Crippen LogP contribution in [0.25, 0.3) is 0 Å². The molecule has 28 heavy (non-hydrogen) atoms. The predicted molar refractivity (Wildman–Crippen MR) is 101 cm³/mol. The molecule has 0 radical (unpaired) electrons. The normalized spacial score (nSPS) is 13.0. The molecule has 0 aliphatic heterocycles. The lowest BCUT2D eigenvalue weighted by Gasteiger charge is -2.27. The predicted octanol–water partition coefficient (Wildman–Crippen LogP) is 1.90. The Labute approximate surface area is 161 Å². The number of rotatable bonds is 6. The van der Waals surface area contributed by atoms with E-state index in [4.69, 9.17) is 5.73 Å². The summed E-state index contributed by atoms with van der Waals surface area (Å²) in [7, 11) is 0. The van der Waals surface area contributed by atoms with Gasteiger partial charge in [-0.2, -0.15) is 0 Å². The average molecular weight is 381 g/mol. The van der Waals surface area contributed by atoms with Gasteiger partial charge in [0.1, 0.15) is 11.4 Å². The molecule has 8 heteroatoms. The molecule has 0 aliphatic rings. The van der Waals surface area contributed by atoms with Crippen LogP contribution in [-0.4, -0.2) is 26.8 Å². The average Bonchev–Trinajstić information content (AvgIpc) is 3.04. The molecule has 144 valence electrons. The van der Waals surface area contributed by atoms with Crippen molar-refractivity contribution in [3.63, 3.8) is 0 Å². The second-order valence-corrected chi connectivity index (χ2v) is 6.62. The van der Waals surface area contributed by atoms with E-state index < -0.39 is 17.4 Å². The molecule has 0 spiro atoms. The largest absolute Gasteiger partial charge is 0.367 e. The van der Waals surface area contributed by atoms with Crippen LogP contribution in [0.1, 0.15) is 34.2 Å². The number of nitrogens with two attached hydrogens (primary N) is 1. The summed E-state index contributed by atoms with van der Waals surface area (Å²) < 4.78 is 14.6. The van der Waals surface area contributed by atoms with Crippen molar-refractivity contribution >= 4 is 11.8 Å². The molecule has 0 saturated carbocycles. The summed E-state index contributed by atoms with van der Waals surface area (Å²) in [6.45, 7) is 3.57. The van der Waals surface area contributed by atoms with Crippen LogP contribution in [0.3, 0.4) is 0 Å². The second kappa shape index (κ2) is 7.59. The highest BCUT2D eigenvalue weighted by Crippen LogP contribution is 2.21. The zero-order valence-electron chi connectivity index (χ0n) is 15.5. The fourth-order valence-corrected chi connectivity index (χ4v) is 2.82. The molecule has 0 aliphatic carbocycles. The van der Waals surface area contributed by atoms with Crippen molar-refractivity contribution in [1.82, 2.24) is 20.3 Å². The summed E-state index contributed by atoms with van der Waals surface area (Å²) in [4.78, 5) is 24.9. The maximum atomic E-state index is 13.1. The molecule has 3 aromatic rings. The number of aromatic nitrogens is 3. The van der Waals surface area contributed by atoms with E-state index in [0.29, 0.717) is 17.8 Å². The summed E-state index contributed by atoms with van der Waals surface area (Å²) in [6, 6.07) is 14.7. The summed E-state index contributed by atoms with van der Waals surface area (Å²) in [6.07, 6.45) is 0. The molecule has 7 nitrogen and oxygen atoms in total. The van der Waals surface area contributed by atoms with Gasteiger partial charge in [0.25, 0.3) is 5.91 Å². The number of amides is 2. The number of benzene rings is 2. The Morgan fingerprint density at radius 3 is 2.39 bits per heavy atom. The van der Waals surface area contributed by atoms with Crippen LogP contribution in [0.15, 0.2) is 54.6 Å². The fourth-order valence-electron chi connectivity index (χ4n) is 2.82. The lowest BCUT2D eigenvalue weighted by atomic mass is 9.91. The number of hydrogen-bond acceptors (Lipinski definition) is 4. The standard InChI is InChI=1S/C20H20FN5O2/c1-13-17(24-25-26(13)12-14-8-10-16(21)11-9-14)18(27)23-20(2,19(22)28)15-6-4-3-5-7-15/h3-11H,12H2,1-2H3,(H2,22,28)(H,23,27). The molecule has 1 unspecified atom stereocenters. The maximum Gasteiger partial charge on any atom is 0.274 e. The van der Waals surface area contributed by atoms with Gasteiger partial charge in [0.2, 0.25) is 5.91 Å². The van der Waals surface area contributed by atoms with Gasteiger partial charge in [0.05, 0.1) is 12.2 Å². The SMILES string of the molecule is Cc1c(C(=O)NC(C)(C(N)=O)c2ccccc2)nnn1Cc1ccc(F)cc1. The molecule has 1 aromatic heterocycles. The van der Waals surface area contributed by atoms with Crippen molar-refractivity contribution in [1.29, 1.82) is 0 Å². The van der Waals surface area contributed by atoms with Crippen LogP contribution in [-0.2, 0) is 16.9 Å². The lowest BCUT2D eigenvalue weighted by molar-refractivity contribution is -0.123. The van der Waals surface area contributed by atoms with Gasteiger partial charge in [-0.1, -0.05) is 47.7 Å². The van der Waals surface area contributed by atoms with E-state index in [2.05, 4.69) is 15.6 Å². The van der Waals surface area contributed by atoms with Crippen LogP contribution in [0.4, 0.5) is 4.39 Å². The van der Waals surface area contributed by atoms with Gasteiger partial charge >= 0.3 is 0 Å². The molecule has 3 rings (SSSR count). The van der Waals surface area contributed by atoms with Crippen LogP contribution in [0.2, 0.25) is 0 Å². The summed E-state index contributed by atoms with van der Waals surface area (Å²) in [5.74, 6) is -1.58. The second-order valence-electron chi connectivity index (χ2n) is 6.62. The van der Waals surface area contributed by atoms with Crippen LogP contribution in [0.5, 0.6) is 0 Å². The van der Waals surface area contributed by atoms with Gasteiger partial charge in [-0.3, -0.25) is 9.59 Å². The van der Waals surface area contributed by atoms with Crippen LogP contribution in [0, 0.1) is 12.7 Å². The third-order valence-electron chi connectivity index (χ3n) is 4.65. The number of nitrogens with one attached hydrogen (secondary N) is 1. The first-order valence-corrected chi connectivity index (χ1v) is 8.63. The Morgan fingerprint density at radius 2 is 1.79 bits per heavy atom. The zero-order valence-corrected chi connectivity index (χ0v) is 15.5. The van der Waals surface area contributed by atoms with Gasteiger partial charge in [0, 0.05) is 0 Å². The Balaban J connectivity index is 1.83. The fraction of sp³-hybridized carbons (Fsp3) is 0.200. The summed E-state index contributed by atoms with van der Waals surface area (Å²) in [5, 5.41) is 10.6. The third kappa shape index (κ3) is 3.75. The van der Waals surface area contributed by atoms with Gasteiger partial charge in [-0.05, 0) is 37.1 Å². The van der Waals surface area contributed by atoms with Crippen molar-refractivity contribution in [2.24, 2.45) is 5.73 Å². The van der Waals surface area contributed by atoms with E-state index >= 15 is 0 Å². The third-order valence-corrected chi connectivity index (χ3v) is 4.65. The van der Waals surface area contributed by atoms with E-state index in [0.717, 1.165) is 5.56 Å². The number of carbonyl (C=O) groups is 2. The first-order chi connectivity index (χ1) is 13.3. The first kappa shape index (κ1) is 19.2. The zero-order chi connectivity index (χ0) is 20.3. The van der Waals surface area contributed by atoms with Gasteiger partial charge in [0.15, 0.2) is 5.69 Å². The van der Waals surface area contributed by atoms with Crippen LogP contribution < -0.4 is 11.1 Å². The smallest absolute Gasteiger partial charge is 0.274 e. The van der Waals surface area contributed by atoms with E-state index in [1.54, 1.807) is 56.3 Å². The van der Waals surface area contributed by atoms with Gasteiger partial charge < -0.3 is 11.1 Å². The Kier molecular flexibility index (Phi) is 5.21. The quantitative estimate of drug-likeness (QED) is 0.681. The molecule has 2 amide bonds. The topological polar surface area (TPSA) is 103 Å². The first-order valence-electron chi connectivity index (χ1n) is 8.63. The molecule has 1 heterocycles. The monoisotopic (exact) mass is 381 g/mol. The number of primary amides is 1. The highest BCUT2D eigenvalue weighted by atomic mass is 19.1. The van der Waals surface area contributed by atoms with Crippen molar-refractivity contribution in [3.05, 3.63) is 82.9 Å². The van der Waals surface area contributed by atoms with E-state index in [1.165, 1.54) is 16.8 Å². The minimum atomic E-state index is -1.40. The highest BCUT2D eigenvalue weighted by molar-refractivity contribution is 5.98. The molecule has 0 fully saturated rings. The molecule has 2 aromatic carbocycles.